The van der Waals surface area contributed by atoms with Crippen molar-refractivity contribution in [3.05, 3.63) is 23.3 Å². The van der Waals surface area contributed by atoms with Crippen molar-refractivity contribution in [3.8, 4) is 0 Å². The fourth-order valence-corrected chi connectivity index (χ4v) is 5.21. The molecule has 2 heteroatoms. The molecule has 22 heavy (non-hydrogen) atoms. The van der Waals surface area contributed by atoms with Crippen molar-refractivity contribution in [1.29, 1.82) is 0 Å². The Hall–Kier alpha value is -0.600. The van der Waals surface area contributed by atoms with E-state index in [1.807, 2.05) is 6.08 Å². The minimum atomic E-state index is 0.134. The van der Waals surface area contributed by atoms with Gasteiger partial charge in [-0.1, -0.05) is 37.1 Å². The van der Waals surface area contributed by atoms with Crippen LogP contribution in [0.25, 0.3) is 0 Å². The molecule has 2 aliphatic carbocycles. The Balaban J connectivity index is 2.27. The molecule has 2 rings (SSSR count). The van der Waals surface area contributed by atoms with E-state index in [-0.39, 0.29) is 12.0 Å². The number of hydrogen-bond donors (Lipinski definition) is 2. The molecule has 0 amide bonds. The molecule has 0 unspecified atom stereocenters. The molecule has 1 fully saturated rings. The molecule has 126 valence electrons. The molecule has 0 aromatic heterocycles. The van der Waals surface area contributed by atoms with Crippen molar-refractivity contribution in [1.82, 2.24) is 0 Å². The van der Waals surface area contributed by atoms with E-state index < -0.39 is 0 Å². The van der Waals surface area contributed by atoms with Gasteiger partial charge < -0.3 is 10.2 Å². The quantitative estimate of drug-likeness (QED) is 0.735. The van der Waals surface area contributed by atoms with Gasteiger partial charge in [0.05, 0.1) is 6.61 Å². The Morgan fingerprint density at radius 2 is 2.05 bits per heavy atom. The van der Waals surface area contributed by atoms with Gasteiger partial charge in [0.25, 0.3) is 0 Å². The molecule has 0 spiro atoms. The number of aliphatic hydroxyl groups excluding tert-OH is 2. The van der Waals surface area contributed by atoms with E-state index in [1.165, 1.54) is 24.8 Å². The maximum atomic E-state index is 9.97. The van der Waals surface area contributed by atoms with E-state index in [9.17, 15) is 5.11 Å². The Labute approximate surface area is 136 Å². The molecule has 0 aromatic carbocycles. The summed E-state index contributed by atoms with van der Waals surface area (Å²) in [6.07, 6.45) is 11.3. The second-order valence-electron chi connectivity index (χ2n) is 8.09. The SMILES string of the molecule is CC1=CCC[C@H]2[C@@](C)(CC/C(C)=C\CO)[C@H](CO)CC[C@@]12C. The number of hydrogen-bond acceptors (Lipinski definition) is 2. The van der Waals surface area contributed by atoms with E-state index >= 15 is 0 Å². The first-order valence-corrected chi connectivity index (χ1v) is 8.93. The van der Waals surface area contributed by atoms with Gasteiger partial charge in [0, 0.05) is 6.61 Å². The highest BCUT2D eigenvalue weighted by Crippen LogP contribution is 2.61. The lowest BCUT2D eigenvalue weighted by Crippen LogP contribution is -2.51. The van der Waals surface area contributed by atoms with Crippen LogP contribution >= 0.6 is 0 Å². The summed E-state index contributed by atoms with van der Waals surface area (Å²) in [5.41, 5.74) is 3.35. The van der Waals surface area contributed by atoms with Crippen molar-refractivity contribution in [2.24, 2.45) is 22.7 Å². The van der Waals surface area contributed by atoms with Crippen molar-refractivity contribution < 1.29 is 10.2 Å². The maximum Gasteiger partial charge on any atom is 0.0614 e. The number of fused-ring (bicyclic) bond motifs is 1. The summed E-state index contributed by atoms with van der Waals surface area (Å²) >= 11 is 0. The zero-order valence-electron chi connectivity index (χ0n) is 14.9. The average Bonchev–Trinajstić information content (AvgIpc) is 2.48. The first-order valence-electron chi connectivity index (χ1n) is 8.93. The van der Waals surface area contributed by atoms with Crippen molar-refractivity contribution in [2.45, 2.75) is 66.2 Å². The standard InChI is InChI=1S/C20H34O2/c1-15(10-13-21)8-11-20(4)17(14-22)9-12-19(3)16(2)6-5-7-18(19)20/h6,10,17-18,21-22H,5,7-9,11-14H2,1-4H3/b15-10-/t17-,18+,19-,20-/m0/s1. The molecule has 2 N–H and O–H groups in total. The van der Waals surface area contributed by atoms with Crippen molar-refractivity contribution >= 4 is 0 Å². The average molecular weight is 306 g/mol. The summed E-state index contributed by atoms with van der Waals surface area (Å²) < 4.78 is 0. The summed E-state index contributed by atoms with van der Waals surface area (Å²) in [5.74, 6) is 1.08. The van der Waals surface area contributed by atoms with Crippen LogP contribution in [0.5, 0.6) is 0 Å². The summed E-state index contributed by atoms with van der Waals surface area (Å²) in [4.78, 5) is 0. The highest BCUT2D eigenvalue weighted by Gasteiger charge is 2.53. The van der Waals surface area contributed by atoms with Crippen LogP contribution in [0.1, 0.15) is 66.2 Å². The summed E-state index contributed by atoms with van der Waals surface area (Å²) in [6.45, 7) is 9.74. The molecular weight excluding hydrogens is 272 g/mol. The van der Waals surface area contributed by atoms with Gasteiger partial charge in [0.2, 0.25) is 0 Å². The van der Waals surface area contributed by atoms with Crippen LogP contribution in [0.4, 0.5) is 0 Å². The normalized spacial score (nSPS) is 39.4. The van der Waals surface area contributed by atoms with Crippen LogP contribution in [0, 0.1) is 22.7 Å². The van der Waals surface area contributed by atoms with Gasteiger partial charge in [-0.15, -0.1) is 0 Å². The summed E-state index contributed by atoms with van der Waals surface area (Å²) in [7, 11) is 0. The van der Waals surface area contributed by atoms with E-state index in [0.717, 1.165) is 19.3 Å². The predicted molar refractivity (Wildman–Crippen MR) is 92.6 cm³/mol. The first kappa shape index (κ1) is 17.7. The fourth-order valence-electron chi connectivity index (χ4n) is 5.21. The number of rotatable bonds is 5. The molecule has 4 atom stereocenters. The van der Waals surface area contributed by atoms with Crippen molar-refractivity contribution in [2.75, 3.05) is 13.2 Å². The molecule has 1 saturated carbocycles. The van der Waals surface area contributed by atoms with E-state index in [4.69, 9.17) is 5.11 Å². The van der Waals surface area contributed by atoms with Crippen LogP contribution in [-0.4, -0.2) is 23.4 Å². The molecule has 0 aromatic rings. The lowest BCUT2D eigenvalue weighted by atomic mass is 9.46. The Morgan fingerprint density at radius 1 is 1.32 bits per heavy atom. The zero-order chi connectivity index (χ0) is 16.4. The van der Waals surface area contributed by atoms with Gasteiger partial charge in [0.1, 0.15) is 0 Å². The summed E-state index contributed by atoms with van der Waals surface area (Å²) in [6, 6.07) is 0. The van der Waals surface area contributed by atoms with E-state index in [2.05, 4.69) is 33.8 Å². The lowest BCUT2D eigenvalue weighted by molar-refractivity contribution is -0.0712. The largest absolute Gasteiger partial charge is 0.396 e. The molecular formula is C20H34O2. The third-order valence-corrected chi connectivity index (χ3v) is 7.03. The van der Waals surface area contributed by atoms with Crippen LogP contribution in [0.2, 0.25) is 0 Å². The minimum Gasteiger partial charge on any atom is -0.396 e. The van der Waals surface area contributed by atoms with Crippen LogP contribution in [0.15, 0.2) is 23.3 Å². The smallest absolute Gasteiger partial charge is 0.0614 e. The molecule has 0 bridgehead atoms. The number of aliphatic hydroxyl groups is 2. The van der Waals surface area contributed by atoms with Gasteiger partial charge in [-0.25, -0.2) is 0 Å². The Kier molecular flexibility index (Phi) is 5.55. The topological polar surface area (TPSA) is 40.5 Å². The Morgan fingerprint density at radius 3 is 2.68 bits per heavy atom. The minimum absolute atomic E-state index is 0.134. The highest BCUT2D eigenvalue weighted by atomic mass is 16.3. The van der Waals surface area contributed by atoms with E-state index in [0.29, 0.717) is 23.9 Å². The van der Waals surface area contributed by atoms with Crippen molar-refractivity contribution in [3.63, 3.8) is 0 Å². The first-order chi connectivity index (χ1) is 10.4. The molecule has 2 aliphatic rings. The van der Waals surface area contributed by atoms with Crippen LogP contribution in [-0.2, 0) is 0 Å². The third kappa shape index (κ3) is 3.05. The second kappa shape index (κ2) is 6.88. The molecule has 2 nitrogen and oxygen atoms in total. The Bertz CT molecular complexity index is 451. The predicted octanol–water partition coefficient (Wildman–Crippen LogP) is 4.48. The zero-order valence-corrected chi connectivity index (χ0v) is 14.9. The highest BCUT2D eigenvalue weighted by molar-refractivity contribution is 5.21. The second-order valence-corrected chi connectivity index (χ2v) is 8.09. The molecule has 0 aliphatic heterocycles. The van der Waals surface area contributed by atoms with Gasteiger partial charge in [-0.3, -0.25) is 0 Å². The van der Waals surface area contributed by atoms with Gasteiger partial charge in [-0.05, 0) is 75.0 Å². The van der Waals surface area contributed by atoms with Gasteiger partial charge >= 0.3 is 0 Å². The summed E-state index contributed by atoms with van der Waals surface area (Å²) in [5, 5.41) is 19.0. The van der Waals surface area contributed by atoms with Crippen LogP contribution < -0.4 is 0 Å². The van der Waals surface area contributed by atoms with E-state index in [1.54, 1.807) is 5.57 Å². The van der Waals surface area contributed by atoms with Crippen LogP contribution in [0.3, 0.4) is 0 Å². The molecule has 0 saturated heterocycles. The van der Waals surface area contributed by atoms with Gasteiger partial charge in [-0.2, -0.15) is 0 Å². The maximum absolute atomic E-state index is 9.97. The molecule has 0 heterocycles. The number of allylic oxidation sites excluding steroid dienone is 3. The lowest BCUT2D eigenvalue weighted by Gasteiger charge is -2.58. The monoisotopic (exact) mass is 306 g/mol. The van der Waals surface area contributed by atoms with Gasteiger partial charge in [0.15, 0.2) is 0 Å². The molecule has 0 radical (unpaired) electrons. The third-order valence-electron chi connectivity index (χ3n) is 7.03. The fraction of sp³-hybridized carbons (Fsp3) is 0.800.